The molecule has 1 unspecified atom stereocenters. The summed E-state index contributed by atoms with van der Waals surface area (Å²) < 4.78 is 24.1. The van der Waals surface area contributed by atoms with Crippen LogP contribution in [0.2, 0.25) is 0 Å². The van der Waals surface area contributed by atoms with Gasteiger partial charge in [0.2, 0.25) is 0 Å². The molecule has 2 heterocycles. The fourth-order valence-electron chi connectivity index (χ4n) is 9.14. The molecule has 194 valence electrons. The molecule has 1 N–H and O–H groups in total. The van der Waals surface area contributed by atoms with Crippen LogP contribution in [0.3, 0.4) is 0 Å². The monoisotopic (exact) mass is 488 g/mol. The highest BCUT2D eigenvalue weighted by atomic mass is 16.7. The summed E-state index contributed by atoms with van der Waals surface area (Å²) in [7, 11) is 1.61. The van der Waals surface area contributed by atoms with Crippen LogP contribution in [-0.2, 0) is 28.5 Å². The number of methoxy groups -OCH3 is 1. The van der Waals surface area contributed by atoms with Crippen molar-refractivity contribution in [3.8, 4) is 0 Å². The number of Topliss-reactive ketones (excluding diaryl/α,β-unsaturated/α-hetero) is 2. The number of ether oxygens (including phenoxy) is 4. The molecule has 0 amide bonds. The van der Waals surface area contributed by atoms with Gasteiger partial charge < -0.3 is 24.1 Å². The van der Waals surface area contributed by atoms with Crippen molar-refractivity contribution in [2.75, 3.05) is 7.11 Å². The van der Waals surface area contributed by atoms with Gasteiger partial charge in [0.15, 0.2) is 12.1 Å². The number of ketones is 2. The summed E-state index contributed by atoms with van der Waals surface area (Å²) in [6.45, 7) is 8.27. The standard InChI is InChI=1S/C28H40O7/c1-13-18-11-19(29)22-17-7-6-15-10-16(35-21-12-20(32-5)24(30)14(2)33-21)8-9-27(15,3)23(17)25(31)26(34-13)28(18,22)4/h6,13-14,16-18,20-24,26,30H,7-12H2,1-5H3/t13-,14+,16-,17-,18+,20+,21?,22-,23+,24-,26-,27-,28+/m0/s1. The zero-order chi connectivity index (χ0) is 24.9. The fourth-order valence-corrected chi connectivity index (χ4v) is 9.14. The molecule has 7 nitrogen and oxygen atoms in total. The van der Waals surface area contributed by atoms with Gasteiger partial charge in [0, 0.05) is 43.1 Å². The van der Waals surface area contributed by atoms with Crippen LogP contribution in [0.15, 0.2) is 11.6 Å². The van der Waals surface area contributed by atoms with Gasteiger partial charge in [-0.2, -0.15) is 0 Å². The van der Waals surface area contributed by atoms with Gasteiger partial charge in [-0.1, -0.05) is 25.5 Å². The summed E-state index contributed by atoms with van der Waals surface area (Å²) >= 11 is 0. The van der Waals surface area contributed by atoms with Crippen LogP contribution in [-0.4, -0.2) is 66.7 Å². The zero-order valence-corrected chi connectivity index (χ0v) is 21.6. The molecule has 35 heavy (non-hydrogen) atoms. The first-order chi connectivity index (χ1) is 16.6. The van der Waals surface area contributed by atoms with E-state index in [1.807, 2.05) is 13.8 Å². The molecule has 6 rings (SSSR count). The maximum atomic E-state index is 14.1. The number of allylic oxidation sites excluding steroid dienone is 1. The highest BCUT2D eigenvalue weighted by Gasteiger charge is 2.72. The van der Waals surface area contributed by atoms with Crippen LogP contribution < -0.4 is 0 Å². The Bertz CT molecular complexity index is 946. The van der Waals surface area contributed by atoms with Crippen LogP contribution in [0, 0.1) is 34.5 Å². The molecule has 0 spiro atoms. The highest BCUT2D eigenvalue weighted by Crippen LogP contribution is 2.67. The third kappa shape index (κ3) is 3.27. The minimum Gasteiger partial charge on any atom is -0.388 e. The van der Waals surface area contributed by atoms with Crippen LogP contribution in [0.1, 0.15) is 66.2 Å². The summed E-state index contributed by atoms with van der Waals surface area (Å²) in [4.78, 5) is 27.4. The van der Waals surface area contributed by atoms with Crippen molar-refractivity contribution in [1.82, 2.24) is 0 Å². The van der Waals surface area contributed by atoms with Gasteiger partial charge in [-0.3, -0.25) is 9.59 Å². The summed E-state index contributed by atoms with van der Waals surface area (Å²) in [5.74, 6) is 0.557. The largest absolute Gasteiger partial charge is 0.388 e. The SMILES string of the molecule is CO[C@@H]1CC(O[C@H]2CC[C@@]3(C)C(=CC[C@H]4[C@H]5C(=O)C[C@@H]6[C@H](C)O[C@@H](C(=O)[C@@H]43)[C@]65C)C2)O[C@H](C)[C@@H]1O. The van der Waals surface area contributed by atoms with E-state index in [1.54, 1.807) is 7.11 Å². The topological polar surface area (TPSA) is 91.3 Å². The first-order valence-electron chi connectivity index (χ1n) is 13.5. The second-order valence-electron chi connectivity index (χ2n) is 12.5. The third-order valence-electron chi connectivity index (χ3n) is 10.9. The molecule has 0 aromatic heterocycles. The van der Waals surface area contributed by atoms with E-state index in [0.29, 0.717) is 18.6 Å². The van der Waals surface area contributed by atoms with E-state index in [4.69, 9.17) is 18.9 Å². The molecular formula is C28H40O7. The molecule has 7 heteroatoms. The number of hydrogen-bond acceptors (Lipinski definition) is 7. The molecule has 2 saturated heterocycles. The lowest BCUT2D eigenvalue weighted by Gasteiger charge is -2.57. The normalized spacial score (nSPS) is 55.3. The summed E-state index contributed by atoms with van der Waals surface area (Å²) in [6.07, 6.45) is 4.37. The quantitative estimate of drug-likeness (QED) is 0.610. The van der Waals surface area contributed by atoms with Crippen molar-refractivity contribution in [3.63, 3.8) is 0 Å². The van der Waals surface area contributed by atoms with E-state index in [-0.39, 0.29) is 64.7 Å². The Kier molecular flexibility index (Phi) is 5.67. The number of aliphatic hydroxyl groups is 1. The lowest BCUT2D eigenvalue weighted by Crippen LogP contribution is -2.61. The molecule has 2 aliphatic heterocycles. The van der Waals surface area contributed by atoms with Crippen molar-refractivity contribution in [1.29, 1.82) is 0 Å². The molecule has 0 aromatic rings. The van der Waals surface area contributed by atoms with Gasteiger partial charge in [0.05, 0.1) is 24.4 Å². The predicted molar refractivity (Wildman–Crippen MR) is 126 cm³/mol. The molecule has 3 saturated carbocycles. The van der Waals surface area contributed by atoms with Crippen molar-refractivity contribution in [3.05, 3.63) is 11.6 Å². The van der Waals surface area contributed by atoms with E-state index < -0.39 is 18.5 Å². The Morgan fingerprint density at radius 3 is 2.60 bits per heavy atom. The maximum Gasteiger partial charge on any atom is 0.166 e. The Hall–Kier alpha value is -1.12. The molecule has 4 aliphatic carbocycles. The maximum absolute atomic E-state index is 14.1. The van der Waals surface area contributed by atoms with Gasteiger partial charge in [-0.05, 0) is 50.9 Å². The number of rotatable bonds is 3. The molecule has 0 bridgehead atoms. The Labute approximate surface area is 207 Å². The second-order valence-corrected chi connectivity index (χ2v) is 12.5. The van der Waals surface area contributed by atoms with E-state index in [1.165, 1.54) is 5.57 Å². The number of carbonyl (C=O) groups is 2. The summed E-state index contributed by atoms with van der Waals surface area (Å²) in [5, 5.41) is 10.3. The van der Waals surface area contributed by atoms with E-state index in [2.05, 4.69) is 19.9 Å². The molecule has 0 aromatic carbocycles. The van der Waals surface area contributed by atoms with Gasteiger partial charge >= 0.3 is 0 Å². The lowest BCUT2D eigenvalue weighted by atomic mass is 9.46. The average Bonchev–Trinajstić information content (AvgIpc) is 3.23. The molecule has 13 atom stereocenters. The Morgan fingerprint density at radius 2 is 1.86 bits per heavy atom. The second kappa shape index (κ2) is 8.19. The van der Waals surface area contributed by atoms with Crippen LogP contribution >= 0.6 is 0 Å². The Balaban J connectivity index is 1.23. The first kappa shape index (κ1) is 24.2. The predicted octanol–water partition coefficient (Wildman–Crippen LogP) is 3.22. The summed E-state index contributed by atoms with van der Waals surface area (Å²) in [5.41, 5.74) is 0.668. The Morgan fingerprint density at radius 1 is 1.09 bits per heavy atom. The van der Waals surface area contributed by atoms with Crippen LogP contribution in [0.4, 0.5) is 0 Å². The molecule has 0 radical (unpaired) electrons. The average molecular weight is 489 g/mol. The van der Waals surface area contributed by atoms with Gasteiger partial charge in [-0.25, -0.2) is 0 Å². The number of carbonyl (C=O) groups excluding carboxylic acids is 2. The number of hydrogen-bond donors (Lipinski definition) is 1. The summed E-state index contributed by atoms with van der Waals surface area (Å²) in [6, 6.07) is 0. The van der Waals surface area contributed by atoms with Crippen LogP contribution in [0.25, 0.3) is 0 Å². The van der Waals surface area contributed by atoms with Crippen molar-refractivity contribution in [2.45, 2.75) is 109 Å². The van der Waals surface area contributed by atoms with Gasteiger partial charge in [0.1, 0.15) is 18.0 Å². The van der Waals surface area contributed by atoms with E-state index >= 15 is 0 Å². The smallest absolute Gasteiger partial charge is 0.166 e. The minimum atomic E-state index is -0.658. The van der Waals surface area contributed by atoms with Gasteiger partial charge in [0.25, 0.3) is 0 Å². The number of aliphatic hydroxyl groups excluding tert-OH is 1. The molecular weight excluding hydrogens is 448 g/mol. The van der Waals surface area contributed by atoms with Crippen molar-refractivity contribution >= 4 is 11.6 Å². The fraction of sp³-hybridized carbons (Fsp3) is 0.857. The van der Waals surface area contributed by atoms with E-state index in [0.717, 1.165) is 25.7 Å². The third-order valence-corrected chi connectivity index (χ3v) is 10.9. The first-order valence-corrected chi connectivity index (χ1v) is 13.5. The highest BCUT2D eigenvalue weighted by molar-refractivity contribution is 5.96. The molecule has 5 fully saturated rings. The lowest BCUT2D eigenvalue weighted by molar-refractivity contribution is -0.265. The van der Waals surface area contributed by atoms with Crippen molar-refractivity contribution in [2.24, 2.45) is 34.5 Å². The van der Waals surface area contributed by atoms with Crippen molar-refractivity contribution < 1.29 is 33.6 Å². The zero-order valence-electron chi connectivity index (χ0n) is 21.6. The van der Waals surface area contributed by atoms with Crippen LogP contribution in [0.5, 0.6) is 0 Å². The molecule has 6 aliphatic rings. The van der Waals surface area contributed by atoms with E-state index in [9.17, 15) is 14.7 Å². The minimum absolute atomic E-state index is 0.0000260. The van der Waals surface area contributed by atoms with Gasteiger partial charge in [-0.15, -0.1) is 0 Å². The number of fused-ring (bicyclic) bond motifs is 4.